The standard InChI is InChI=1S/C27H35N7O/c1-18(2)33-13-9-19(10-14-33)20-7-8-23(29-16-20)31-26-30-17-21-15-27(11-12-28-25(27)35)34(24(21)32-26)22-5-3-4-6-22/h7-9,16-18,22H,3-6,10-15H2,1-2H3,(H,28,35)(H,29,30,31,32). The molecule has 0 radical (unpaired) electrons. The van der Waals surface area contributed by atoms with E-state index in [2.05, 4.69) is 56.4 Å². The molecule has 1 aliphatic carbocycles. The Morgan fingerprint density at radius 1 is 1.17 bits per heavy atom. The summed E-state index contributed by atoms with van der Waals surface area (Å²) in [5, 5.41) is 6.37. The van der Waals surface area contributed by atoms with E-state index in [1.807, 2.05) is 18.5 Å². The van der Waals surface area contributed by atoms with Gasteiger partial charge in [-0.15, -0.1) is 0 Å². The average Bonchev–Trinajstić information content (AvgIpc) is 3.59. The molecule has 184 valence electrons. The van der Waals surface area contributed by atoms with E-state index >= 15 is 0 Å². The maximum atomic E-state index is 13.0. The summed E-state index contributed by atoms with van der Waals surface area (Å²) >= 11 is 0. The minimum Gasteiger partial charge on any atom is -0.354 e. The first-order valence-electron chi connectivity index (χ1n) is 13.1. The summed E-state index contributed by atoms with van der Waals surface area (Å²) in [7, 11) is 0. The highest BCUT2D eigenvalue weighted by atomic mass is 16.2. The predicted molar refractivity (Wildman–Crippen MR) is 138 cm³/mol. The van der Waals surface area contributed by atoms with Gasteiger partial charge in [-0.3, -0.25) is 9.69 Å². The Bertz CT molecular complexity index is 1140. The normalized spacial score (nSPS) is 24.8. The van der Waals surface area contributed by atoms with Crippen molar-refractivity contribution in [3.8, 4) is 0 Å². The van der Waals surface area contributed by atoms with Crippen LogP contribution in [0.3, 0.4) is 0 Å². The van der Waals surface area contributed by atoms with Gasteiger partial charge in [-0.05, 0) is 62.8 Å². The molecular formula is C27H35N7O. The third kappa shape index (κ3) is 3.97. The maximum Gasteiger partial charge on any atom is 0.246 e. The molecule has 35 heavy (non-hydrogen) atoms. The lowest BCUT2D eigenvalue weighted by Crippen LogP contribution is -2.56. The van der Waals surface area contributed by atoms with Crippen molar-refractivity contribution in [1.82, 2.24) is 25.2 Å². The lowest BCUT2D eigenvalue weighted by Gasteiger charge is -2.38. The van der Waals surface area contributed by atoms with Gasteiger partial charge in [0.25, 0.3) is 0 Å². The zero-order chi connectivity index (χ0) is 24.0. The molecule has 1 spiro atoms. The van der Waals surface area contributed by atoms with E-state index in [-0.39, 0.29) is 5.91 Å². The Morgan fingerprint density at radius 3 is 2.69 bits per heavy atom. The Morgan fingerprint density at radius 2 is 2.03 bits per heavy atom. The predicted octanol–water partition coefficient (Wildman–Crippen LogP) is 3.68. The molecule has 2 N–H and O–H groups in total. The summed E-state index contributed by atoms with van der Waals surface area (Å²) < 4.78 is 0. The smallest absolute Gasteiger partial charge is 0.246 e. The zero-order valence-electron chi connectivity index (χ0n) is 20.8. The number of carbonyl (C=O) groups excluding carboxylic acids is 1. The van der Waals surface area contributed by atoms with Crippen LogP contribution >= 0.6 is 0 Å². The topological polar surface area (TPSA) is 86.3 Å². The minimum atomic E-state index is -0.497. The second-order valence-electron chi connectivity index (χ2n) is 10.7. The van der Waals surface area contributed by atoms with Crippen LogP contribution in [0.15, 0.2) is 30.6 Å². The zero-order valence-corrected chi connectivity index (χ0v) is 20.8. The van der Waals surface area contributed by atoms with E-state index in [0.717, 1.165) is 62.5 Å². The fourth-order valence-corrected chi connectivity index (χ4v) is 6.33. The molecule has 1 amide bonds. The first-order valence-corrected chi connectivity index (χ1v) is 13.1. The van der Waals surface area contributed by atoms with Crippen molar-refractivity contribution in [3.05, 3.63) is 41.7 Å². The lowest BCUT2D eigenvalue weighted by atomic mass is 9.91. The monoisotopic (exact) mass is 473 g/mol. The fourth-order valence-electron chi connectivity index (χ4n) is 6.33. The summed E-state index contributed by atoms with van der Waals surface area (Å²) in [6.07, 6.45) is 13.4. The molecule has 0 bridgehead atoms. The SMILES string of the molecule is CC(C)N1CC=C(c2ccc(Nc3ncc4c(n3)N(C3CCCC3)C3(CCNC3=O)C4)nc2)CC1. The highest BCUT2D eigenvalue weighted by Gasteiger charge is 2.55. The highest BCUT2D eigenvalue weighted by Crippen LogP contribution is 2.46. The Hall–Kier alpha value is -3.00. The molecule has 5 heterocycles. The van der Waals surface area contributed by atoms with Crippen LogP contribution in [0.2, 0.25) is 0 Å². The van der Waals surface area contributed by atoms with Gasteiger partial charge in [-0.25, -0.2) is 9.97 Å². The van der Waals surface area contributed by atoms with Crippen molar-refractivity contribution in [2.75, 3.05) is 29.9 Å². The molecule has 1 saturated carbocycles. The van der Waals surface area contributed by atoms with E-state index in [4.69, 9.17) is 4.98 Å². The molecule has 2 aromatic rings. The fraction of sp³-hybridized carbons (Fsp3) is 0.556. The van der Waals surface area contributed by atoms with Crippen LogP contribution in [0.1, 0.15) is 63.5 Å². The number of carbonyl (C=O) groups is 1. The van der Waals surface area contributed by atoms with Crippen molar-refractivity contribution in [2.24, 2.45) is 0 Å². The largest absolute Gasteiger partial charge is 0.354 e. The summed E-state index contributed by atoms with van der Waals surface area (Å²) in [6, 6.07) is 5.08. The molecule has 1 saturated heterocycles. The first kappa shape index (κ1) is 22.5. The van der Waals surface area contributed by atoms with E-state index < -0.39 is 5.54 Å². The van der Waals surface area contributed by atoms with Crippen LogP contribution in [-0.2, 0) is 11.2 Å². The summed E-state index contributed by atoms with van der Waals surface area (Å²) in [5.41, 5.74) is 3.11. The molecule has 4 aliphatic rings. The van der Waals surface area contributed by atoms with Gasteiger partial charge in [0.1, 0.15) is 17.2 Å². The van der Waals surface area contributed by atoms with Crippen molar-refractivity contribution >= 4 is 29.1 Å². The minimum absolute atomic E-state index is 0.141. The maximum absolute atomic E-state index is 13.0. The summed E-state index contributed by atoms with van der Waals surface area (Å²) in [5.74, 6) is 2.33. The molecule has 3 aliphatic heterocycles. The number of hydrogen-bond donors (Lipinski definition) is 2. The first-order chi connectivity index (χ1) is 17.0. The molecule has 1 unspecified atom stereocenters. The number of fused-ring (bicyclic) bond motifs is 1. The van der Waals surface area contributed by atoms with Crippen LogP contribution in [0, 0.1) is 0 Å². The molecule has 2 fully saturated rings. The van der Waals surface area contributed by atoms with Crippen LogP contribution in [-0.4, -0.2) is 63.0 Å². The van der Waals surface area contributed by atoms with Crippen LogP contribution in [0.25, 0.3) is 5.57 Å². The number of rotatable bonds is 5. The van der Waals surface area contributed by atoms with Gasteiger partial charge in [0.2, 0.25) is 11.9 Å². The van der Waals surface area contributed by atoms with Gasteiger partial charge < -0.3 is 15.5 Å². The van der Waals surface area contributed by atoms with Crippen molar-refractivity contribution in [1.29, 1.82) is 0 Å². The molecule has 0 aromatic carbocycles. The Kier molecular flexibility index (Phi) is 5.71. The van der Waals surface area contributed by atoms with Gasteiger partial charge >= 0.3 is 0 Å². The number of nitrogens with zero attached hydrogens (tertiary/aromatic N) is 5. The van der Waals surface area contributed by atoms with Gasteiger partial charge in [0.05, 0.1) is 0 Å². The van der Waals surface area contributed by atoms with Gasteiger partial charge in [-0.2, -0.15) is 4.98 Å². The van der Waals surface area contributed by atoms with Crippen LogP contribution in [0.5, 0.6) is 0 Å². The number of hydrogen-bond acceptors (Lipinski definition) is 7. The number of aromatic nitrogens is 3. The van der Waals surface area contributed by atoms with Crippen LogP contribution < -0.4 is 15.5 Å². The molecule has 1 atom stereocenters. The number of amides is 1. The Balaban J connectivity index is 1.22. The van der Waals surface area contributed by atoms with E-state index in [9.17, 15) is 4.79 Å². The summed E-state index contributed by atoms with van der Waals surface area (Å²) in [4.78, 5) is 32.0. The number of nitrogens with one attached hydrogen (secondary N) is 2. The average molecular weight is 474 g/mol. The highest BCUT2D eigenvalue weighted by molar-refractivity contribution is 5.94. The van der Waals surface area contributed by atoms with Crippen molar-refractivity contribution in [3.63, 3.8) is 0 Å². The van der Waals surface area contributed by atoms with Crippen molar-refractivity contribution < 1.29 is 4.79 Å². The Labute approximate surface area is 207 Å². The van der Waals surface area contributed by atoms with E-state index in [0.29, 0.717) is 24.5 Å². The third-order valence-electron chi connectivity index (χ3n) is 8.30. The third-order valence-corrected chi connectivity index (χ3v) is 8.30. The molecular weight excluding hydrogens is 438 g/mol. The van der Waals surface area contributed by atoms with Gasteiger partial charge in [0.15, 0.2) is 0 Å². The lowest BCUT2D eigenvalue weighted by molar-refractivity contribution is -0.123. The summed E-state index contributed by atoms with van der Waals surface area (Å²) in [6.45, 7) is 7.31. The van der Waals surface area contributed by atoms with E-state index in [1.165, 1.54) is 24.0 Å². The molecule has 6 rings (SSSR count). The quantitative estimate of drug-likeness (QED) is 0.685. The molecule has 8 nitrogen and oxygen atoms in total. The number of pyridine rings is 1. The second-order valence-corrected chi connectivity index (χ2v) is 10.7. The number of anilines is 3. The van der Waals surface area contributed by atoms with Gasteiger partial charge in [-0.1, -0.05) is 18.9 Å². The van der Waals surface area contributed by atoms with E-state index in [1.54, 1.807) is 0 Å². The van der Waals surface area contributed by atoms with Crippen LogP contribution in [0.4, 0.5) is 17.6 Å². The molecule has 8 heteroatoms. The molecule has 2 aromatic heterocycles. The van der Waals surface area contributed by atoms with Gasteiger partial charge in [0, 0.05) is 56.1 Å². The second kappa shape index (κ2) is 8.90. The van der Waals surface area contributed by atoms with Crippen molar-refractivity contribution in [2.45, 2.75) is 76.4 Å².